The van der Waals surface area contributed by atoms with Gasteiger partial charge in [-0.15, -0.1) is 0 Å². The van der Waals surface area contributed by atoms with Crippen molar-refractivity contribution < 1.29 is 13.2 Å². The fraction of sp³-hybridized carbons (Fsp3) is 0.727. The molecule has 1 heterocycles. The quantitative estimate of drug-likeness (QED) is 0.724. The number of methoxy groups -OCH3 is 1. The molecule has 1 N–H and O–H groups in total. The van der Waals surface area contributed by atoms with E-state index in [-0.39, 0.29) is 11.8 Å². The number of ether oxygens (including phenoxy) is 1. The SMILES string of the molecule is COCn1nccc1S(=O)(=O)NCCCC(C)C. The highest BCUT2D eigenvalue weighted by atomic mass is 32.2. The number of nitrogens with zero attached hydrogens (tertiary/aromatic N) is 2. The van der Waals surface area contributed by atoms with Crippen LogP contribution in [0.25, 0.3) is 0 Å². The molecule has 18 heavy (non-hydrogen) atoms. The lowest BCUT2D eigenvalue weighted by atomic mass is 10.1. The Morgan fingerprint density at radius 1 is 1.50 bits per heavy atom. The Bertz CT molecular complexity index is 454. The minimum Gasteiger partial charge on any atom is -0.362 e. The van der Waals surface area contributed by atoms with Crippen LogP contribution in [0.2, 0.25) is 0 Å². The van der Waals surface area contributed by atoms with Gasteiger partial charge in [-0.1, -0.05) is 13.8 Å². The van der Waals surface area contributed by atoms with Crippen LogP contribution < -0.4 is 4.72 Å². The molecule has 0 atom stereocenters. The van der Waals surface area contributed by atoms with E-state index in [4.69, 9.17) is 4.74 Å². The Hall–Kier alpha value is -0.920. The Kier molecular flexibility index (Phi) is 5.77. The topological polar surface area (TPSA) is 73.2 Å². The number of rotatable bonds is 8. The molecule has 0 saturated heterocycles. The van der Waals surface area contributed by atoms with Crippen molar-refractivity contribution in [2.75, 3.05) is 13.7 Å². The largest absolute Gasteiger partial charge is 0.362 e. The van der Waals surface area contributed by atoms with E-state index in [0.717, 1.165) is 12.8 Å². The summed E-state index contributed by atoms with van der Waals surface area (Å²) in [5.74, 6) is 0.577. The average molecular weight is 275 g/mol. The van der Waals surface area contributed by atoms with E-state index in [1.165, 1.54) is 24.1 Å². The van der Waals surface area contributed by atoms with Crippen LogP contribution in [0.1, 0.15) is 26.7 Å². The number of sulfonamides is 1. The highest BCUT2D eigenvalue weighted by molar-refractivity contribution is 7.89. The lowest BCUT2D eigenvalue weighted by Gasteiger charge is -2.09. The molecule has 1 rings (SSSR count). The Balaban J connectivity index is 2.60. The van der Waals surface area contributed by atoms with Crippen molar-refractivity contribution >= 4 is 10.0 Å². The summed E-state index contributed by atoms with van der Waals surface area (Å²) >= 11 is 0. The monoisotopic (exact) mass is 275 g/mol. The predicted octanol–water partition coefficient (Wildman–Crippen LogP) is 1.20. The molecule has 0 bridgehead atoms. The molecule has 0 saturated carbocycles. The summed E-state index contributed by atoms with van der Waals surface area (Å²) in [6.07, 6.45) is 3.27. The van der Waals surface area contributed by atoms with Gasteiger partial charge >= 0.3 is 0 Å². The van der Waals surface area contributed by atoms with Gasteiger partial charge in [-0.2, -0.15) is 5.10 Å². The molecule has 7 heteroatoms. The van der Waals surface area contributed by atoms with Crippen LogP contribution in [0.5, 0.6) is 0 Å². The van der Waals surface area contributed by atoms with Crippen LogP contribution in [0.15, 0.2) is 17.3 Å². The van der Waals surface area contributed by atoms with Gasteiger partial charge in [0.15, 0.2) is 5.03 Å². The third kappa shape index (κ3) is 4.40. The van der Waals surface area contributed by atoms with E-state index in [0.29, 0.717) is 12.5 Å². The maximum absolute atomic E-state index is 12.0. The van der Waals surface area contributed by atoms with Crippen LogP contribution >= 0.6 is 0 Å². The molecule has 6 nitrogen and oxygen atoms in total. The van der Waals surface area contributed by atoms with Crippen LogP contribution in [-0.4, -0.2) is 31.9 Å². The Morgan fingerprint density at radius 2 is 2.22 bits per heavy atom. The number of hydrogen-bond donors (Lipinski definition) is 1. The zero-order valence-corrected chi connectivity index (χ0v) is 11.9. The van der Waals surface area contributed by atoms with E-state index in [9.17, 15) is 8.42 Å². The fourth-order valence-electron chi connectivity index (χ4n) is 1.56. The van der Waals surface area contributed by atoms with E-state index in [1.807, 2.05) is 0 Å². The summed E-state index contributed by atoms with van der Waals surface area (Å²) in [6, 6.07) is 1.46. The number of nitrogens with one attached hydrogen (secondary N) is 1. The summed E-state index contributed by atoms with van der Waals surface area (Å²) in [5, 5.41) is 4.03. The Labute approximate surface area is 108 Å². The molecule has 0 aliphatic rings. The van der Waals surface area contributed by atoms with Crippen LogP contribution in [0, 0.1) is 5.92 Å². The molecule has 1 aromatic heterocycles. The third-order valence-corrected chi connectivity index (χ3v) is 3.94. The summed E-state index contributed by atoms with van der Waals surface area (Å²) < 4.78 is 32.8. The van der Waals surface area contributed by atoms with Gasteiger partial charge in [0.25, 0.3) is 10.0 Å². The molecule has 0 aliphatic heterocycles. The third-order valence-electron chi connectivity index (χ3n) is 2.45. The van der Waals surface area contributed by atoms with Crippen molar-refractivity contribution in [3.63, 3.8) is 0 Å². The van der Waals surface area contributed by atoms with Gasteiger partial charge in [-0.25, -0.2) is 17.8 Å². The molecular formula is C11H21N3O3S. The van der Waals surface area contributed by atoms with Gasteiger partial charge in [0.05, 0.1) is 6.20 Å². The van der Waals surface area contributed by atoms with Crippen molar-refractivity contribution in [3.8, 4) is 0 Å². The van der Waals surface area contributed by atoms with Gasteiger partial charge in [0, 0.05) is 13.7 Å². The summed E-state index contributed by atoms with van der Waals surface area (Å²) in [4.78, 5) is 0. The second kappa shape index (κ2) is 6.86. The van der Waals surface area contributed by atoms with Gasteiger partial charge < -0.3 is 4.74 Å². The molecule has 0 fully saturated rings. The minimum atomic E-state index is -3.50. The number of aromatic nitrogens is 2. The first-order valence-electron chi connectivity index (χ1n) is 5.98. The molecule has 0 radical (unpaired) electrons. The molecule has 1 aromatic rings. The van der Waals surface area contributed by atoms with Gasteiger partial charge in [-0.05, 0) is 24.8 Å². The predicted molar refractivity (Wildman–Crippen MR) is 68.5 cm³/mol. The highest BCUT2D eigenvalue weighted by Gasteiger charge is 2.18. The van der Waals surface area contributed by atoms with Crippen LogP contribution in [-0.2, 0) is 21.5 Å². The van der Waals surface area contributed by atoms with Crippen molar-refractivity contribution in [3.05, 3.63) is 12.3 Å². The summed E-state index contributed by atoms with van der Waals surface area (Å²) in [7, 11) is -2.00. The molecule has 0 amide bonds. The molecule has 0 unspecified atom stereocenters. The van der Waals surface area contributed by atoms with E-state index in [1.54, 1.807) is 0 Å². The van der Waals surface area contributed by atoms with Crippen LogP contribution in [0.4, 0.5) is 0 Å². The van der Waals surface area contributed by atoms with Gasteiger partial charge in [0.1, 0.15) is 6.73 Å². The lowest BCUT2D eigenvalue weighted by Crippen LogP contribution is -2.27. The van der Waals surface area contributed by atoms with Crippen molar-refractivity contribution in [2.24, 2.45) is 5.92 Å². The van der Waals surface area contributed by atoms with Crippen molar-refractivity contribution in [2.45, 2.75) is 38.4 Å². The van der Waals surface area contributed by atoms with E-state index < -0.39 is 10.0 Å². The van der Waals surface area contributed by atoms with Crippen molar-refractivity contribution in [1.29, 1.82) is 0 Å². The molecular weight excluding hydrogens is 254 g/mol. The van der Waals surface area contributed by atoms with Gasteiger partial charge in [0.2, 0.25) is 0 Å². The molecule has 0 aromatic carbocycles. The first kappa shape index (κ1) is 15.1. The maximum Gasteiger partial charge on any atom is 0.257 e. The van der Waals surface area contributed by atoms with E-state index in [2.05, 4.69) is 23.7 Å². The molecule has 0 aliphatic carbocycles. The first-order chi connectivity index (χ1) is 8.47. The second-order valence-electron chi connectivity index (χ2n) is 4.52. The standard InChI is InChI=1S/C11H21N3O3S/c1-10(2)5-4-7-13-18(15,16)11-6-8-12-14(11)9-17-3/h6,8,10,13H,4-5,7,9H2,1-3H3. The van der Waals surface area contributed by atoms with E-state index >= 15 is 0 Å². The zero-order chi connectivity index (χ0) is 13.6. The van der Waals surface area contributed by atoms with Crippen molar-refractivity contribution in [1.82, 2.24) is 14.5 Å². The lowest BCUT2D eigenvalue weighted by molar-refractivity contribution is 0.112. The minimum absolute atomic E-state index is 0.120. The average Bonchev–Trinajstić information content (AvgIpc) is 2.74. The molecule has 0 spiro atoms. The summed E-state index contributed by atoms with van der Waals surface area (Å²) in [6.45, 7) is 4.79. The zero-order valence-electron chi connectivity index (χ0n) is 11.1. The maximum atomic E-state index is 12.0. The molecule has 104 valence electrons. The number of hydrogen-bond acceptors (Lipinski definition) is 4. The fourth-order valence-corrected chi connectivity index (χ4v) is 2.74. The normalized spacial score (nSPS) is 12.2. The summed E-state index contributed by atoms with van der Waals surface area (Å²) in [5.41, 5.74) is 0. The van der Waals surface area contributed by atoms with Crippen LogP contribution in [0.3, 0.4) is 0 Å². The Morgan fingerprint density at radius 3 is 2.83 bits per heavy atom. The highest BCUT2D eigenvalue weighted by Crippen LogP contribution is 2.08. The second-order valence-corrected chi connectivity index (χ2v) is 6.23. The smallest absolute Gasteiger partial charge is 0.257 e. The van der Waals surface area contributed by atoms with Gasteiger partial charge in [-0.3, -0.25) is 0 Å². The first-order valence-corrected chi connectivity index (χ1v) is 7.46.